The van der Waals surface area contributed by atoms with Crippen LogP contribution in [-0.2, 0) is 24.6 Å². The van der Waals surface area contributed by atoms with E-state index in [2.05, 4.69) is 5.32 Å². The Labute approximate surface area is 159 Å². The van der Waals surface area contributed by atoms with E-state index in [4.69, 9.17) is 0 Å². The van der Waals surface area contributed by atoms with Crippen LogP contribution in [0.3, 0.4) is 0 Å². The van der Waals surface area contributed by atoms with E-state index < -0.39 is 17.8 Å². The number of hydrogen-bond acceptors (Lipinski definition) is 2. The van der Waals surface area contributed by atoms with E-state index in [-0.39, 0.29) is 24.6 Å². The average Bonchev–Trinajstić information content (AvgIpc) is 2.90. The van der Waals surface area contributed by atoms with E-state index in [1.807, 2.05) is 18.2 Å². The SMILES string of the molecule is C[C@@H](NC(=O)CCn1c(=O)n(C)c2ccccc21)c1cccc(C(F)(F)F)c1. The van der Waals surface area contributed by atoms with Gasteiger partial charge >= 0.3 is 11.9 Å². The zero-order chi connectivity index (χ0) is 20.5. The minimum Gasteiger partial charge on any atom is -0.350 e. The van der Waals surface area contributed by atoms with Crippen LogP contribution in [0, 0.1) is 0 Å². The van der Waals surface area contributed by atoms with Gasteiger partial charge in [-0.05, 0) is 36.8 Å². The summed E-state index contributed by atoms with van der Waals surface area (Å²) >= 11 is 0. The van der Waals surface area contributed by atoms with E-state index in [0.29, 0.717) is 5.56 Å². The van der Waals surface area contributed by atoms with Gasteiger partial charge in [-0.3, -0.25) is 13.9 Å². The fourth-order valence-corrected chi connectivity index (χ4v) is 3.17. The third-order valence-corrected chi connectivity index (χ3v) is 4.71. The molecule has 1 heterocycles. The summed E-state index contributed by atoms with van der Waals surface area (Å²) in [5.74, 6) is -0.343. The van der Waals surface area contributed by atoms with Crippen LogP contribution in [0.15, 0.2) is 53.3 Å². The van der Waals surface area contributed by atoms with Crippen LogP contribution >= 0.6 is 0 Å². The zero-order valence-corrected chi connectivity index (χ0v) is 15.5. The summed E-state index contributed by atoms with van der Waals surface area (Å²) in [5, 5.41) is 2.69. The van der Waals surface area contributed by atoms with Gasteiger partial charge in [0.25, 0.3) is 0 Å². The second kappa shape index (κ2) is 7.53. The molecule has 1 atom stereocenters. The number of aryl methyl sites for hydroxylation is 2. The summed E-state index contributed by atoms with van der Waals surface area (Å²) < 4.78 is 41.6. The Bertz CT molecular complexity index is 1070. The normalized spacial score (nSPS) is 12.9. The highest BCUT2D eigenvalue weighted by atomic mass is 19.4. The molecule has 0 saturated carbocycles. The van der Waals surface area contributed by atoms with Gasteiger partial charge in [0.15, 0.2) is 0 Å². The minimum atomic E-state index is -4.44. The van der Waals surface area contributed by atoms with E-state index >= 15 is 0 Å². The first-order chi connectivity index (χ1) is 13.2. The van der Waals surface area contributed by atoms with Crippen LogP contribution in [0.25, 0.3) is 11.0 Å². The molecule has 1 amide bonds. The molecule has 3 aromatic rings. The van der Waals surface area contributed by atoms with Crippen LogP contribution in [-0.4, -0.2) is 15.0 Å². The Morgan fingerprint density at radius 1 is 1.11 bits per heavy atom. The Morgan fingerprint density at radius 3 is 2.46 bits per heavy atom. The molecule has 0 bridgehead atoms. The summed E-state index contributed by atoms with van der Waals surface area (Å²) in [4.78, 5) is 24.6. The van der Waals surface area contributed by atoms with E-state index in [0.717, 1.165) is 23.2 Å². The van der Waals surface area contributed by atoms with Crippen LogP contribution in [0.1, 0.15) is 30.5 Å². The predicted octanol–water partition coefficient (Wildman–Crippen LogP) is 3.63. The summed E-state index contributed by atoms with van der Waals surface area (Å²) in [6.45, 7) is 1.80. The van der Waals surface area contributed by atoms with E-state index in [9.17, 15) is 22.8 Å². The van der Waals surface area contributed by atoms with E-state index in [1.165, 1.54) is 21.3 Å². The molecule has 0 aliphatic carbocycles. The van der Waals surface area contributed by atoms with Crippen molar-refractivity contribution < 1.29 is 18.0 Å². The summed E-state index contributed by atoms with van der Waals surface area (Å²) in [5.41, 5.74) is 0.887. The van der Waals surface area contributed by atoms with Crippen molar-refractivity contribution in [2.75, 3.05) is 0 Å². The van der Waals surface area contributed by atoms with Crippen LogP contribution in [0.5, 0.6) is 0 Å². The van der Waals surface area contributed by atoms with Gasteiger partial charge in [-0.15, -0.1) is 0 Å². The number of para-hydroxylation sites is 2. The van der Waals surface area contributed by atoms with Crippen molar-refractivity contribution in [3.8, 4) is 0 Å². The molecule has 2 aromatic carbocycles. The van der Waals surface area contributed by atoms with Crippen molar-refractivity contribution in [1.82, 2.24) is 14.5 Å². The fraction of sp³-hybridized carbons (Fsp3) is 0.300. The maximum atomic E-state index is 12.8. The molecule has 28 heavy (non-hydrogen) atoms. The molecule has 0 aliphatic rings. The van der Waals surface area contributed by atoms with Gasteiger partial charge in [-0.1, -0.05) is 24.3 Å². The third kappa shape index (κ3) is 3.95. The lowest BCUT2D eigenvalue weighted by Gasteiger charge is -2.16. The topological polar surface area (TPSA) is 56.0 Å². The maximum absolute atomic E-state index is 12.8. The number of carbonyl (C=O) groups is 1. The Balaban J connectivity index is 1.69. The molecule has 0 spiro atoms. The van der Waals surface area contributed by atoms with Crippen LogP contribution in [0.4, 0.5) is 13.2 Å². The molecule has 148 valence electrons. The monoisotopic (exact) mass is 391 g/mol. The number of aromatic nitrogens is 2. The second-order valence-corrected chi connectivity index (χ2v) is 6.64. The first-order valence-electron chi connectivity index (χ1n) is 8.79. The molecule has 0 saturated heterocycles. The first-order valence-corrected chi connectivity index (χ1v) is 8.79. The van der Waals surface area contributed by atoms with Gasteiger partial charge in [0.05, 0.1) is 22.6 Å². The molecule has 0 unspecified atom stereocenters. The van der Waals surface area contributed by atoms with Gasteiger partial charge in [-0.25, -0.2) is 4.79 Å². The van der Waals surface area contributed by atoms with Crippen LogP contribution < -0.4 is 11.0 Å². The standard InChI is InChI=1S/C20H20F3N3O2/c1-13(14-6-5-7-15(12-14)20(21,22)23)24-18(27)10-11-26-17-9-4-3-8-16(17)25(2)19(26)28/h3-9,12-13H,10-11H2,1-2H3,(H,24,27)/t13-/m1/s1. The molecule has 5 nitrogen and oxygen atoms in total. The van der Waals surface area contributed by atoms with Gasteiger partial charge in [0.1, 0.15) is 0 Å². The number of halogens is 3. The first kappa shape index (κ1) is 19.7. The van der Waals surface area contributed by atoms with Crippen molar-refractivity contribution in [2.45, 2.75) is 32.1 Å². The smallest absolute Gasteiger partial charge is 0.350 e. The second-order valence-electron chi connectivity index (χ2n) is 6.64. The Morgan fingerprint density at radius 2 is 1.79 bits per heavy atom. The van der Waals surface area contributed by atoms with Crippen molar-refractivity contribution in [1.29, 1.82) is 0 Å². The lowest BCUT2D eigenvalue weighted by Crippen LogP contribution is -2.29. The molecule has 0 fully saturated rings. The molecule has 0 aliphatic heterocycles. The Kier molecular flexibility index (Phi) is 5.31. The summed E-state index contributed by atoms with van der Waals surface area (Å²) in [6, 6.07) is 11.6. The number of benzene rings is 2. The molecule has 3 rings (SSSR count). The lowest BCUT2D eigenvalue weighted by atomic mass is 10.0. The highest BCUT2D eigenvalue weighted by molar-refractivity contribution is 5.78. The number of fused-ring (bicyclic) bond motifs is 1. The lowest BCUT2D eigenvalue weighted by molar-refractivity contribution is -0.137. The number of alkyl halides is 3. The summed E-state index contributed by atoms with van der Waals surface area (Å²) in [7, 11) is 1.66. The summed E-state index contributed by atoms with van der Waals surface area (Å²) in [6.07, 6.45) is -4.40. The molecule has 1 aromatic heterocycles. The van der Waals surface area contributed by atoms with Crippen molar-refractivity contribution >= 4 is 16.9 Å². The largest absolute Gasteiger partial charge is 0.416 e. The predicted molar refractivity (Wildman–Crippen MR) is 99.8 cm³/mol. The molecule has 8 heteroatoms. The van der Waals surface area contributed by atoms with Crippen LogP contribution in [0.2, 0.25) is 0 Å². The van der Waals surface area contributed by atoms with Crippen molar-refractivity contribution in [3.63, 3.8) is 0 Å². The quantitative estimate of drug-likeness (QED) is 0.722. The highest BCUT2D eigenvalue weighted by Crippen LogP contribution is 2.30. The maximum Gasteiger partial charge on any atom is 0.416 e. The molecular weight excluding hydrogens is 371 g/mol. The van der Waals surface area contributed by atoms with Gasteiger partial charge in [-0.2, -0.15) is 13.2 Å². The molecule has 0 radical (unpaired) electrons. The van der Waals surface area contributed by atoms with Gasteiger partial charge < -0.3 is 5.32 Å². The van der Waals surface area contributed by atoms with Gasteiger partial charge in [0, 0.05) is 20.0 Å². The number of nitrogens with zero attached hydrogens (tertiary/aromatic N) is 2. The number of nitrogens with one attached hydrogen (secondary N) is 1. The highest BCUT2D eigenvalue weighted by Gasteiger charge is 2.30. The number of carbonyl (C=O) groups excluding carboxylic acids is 1. The number of hydrogen-bond donors (Lipinski definition) is 1. The van der Waals surface area contributed by atoms with E-state index in [1.54, 1.807) is 20.0 Å². The fourth-order valence-electron chi connectivity index (χ4n) is 3.17. The molecular formula is C20H20F3N3O2. The van der Waals surface area contributed by atoms with Gasteiger partial charge in [0.2, 0.25) is 5.91 Å². The average molecular weight is 391 g/mol. The molecule has 1 N–H and O–H groups in total. The number of amides is 1. The number of rotatable bonds is 5. The third-order valence-electron chi connectivity index (χ3n) is 4.71. The number of imidazole rings is 1. The minimum absolute atomic E-state index is 0.0389. The van der Waals surface area contributed by atoms with Crippen molar-refractivity contribution in [2.24, 2.45) is 7.05 Å². The Hall–Kier alpha value is -3.03. The van der Waals surface area contributed by atoms with Crippen molar-refractivity contribution in [3.05, 3.63) is 70.1 Å². The zero-order valence-electron chi connectivity index (χ0n) is 15.5.